The first-order chi connectivity index (χ1) is 9.45. The van der Waals surface area contributed by atoms with Crippen LogP contribution in [0.3, 0.4) is 0 Å². The molecule has 0 heterocycles. The van der Waals surface area contributed by atoms with Crippen molar-refractivity contribution in [2.45, 2.75) is 6.04 Å². The van der Waals surface area contributed by atoms with Crippen LogP contribution in [0.1, 0.15) is 17.2 Å². The van der Waals surface area contributed by atoms with Gasteiger partial charge in [0.05, 0.1) is 6.04 Å². The van der Waals surface area contributed by atoms with Crippen molar-refractivity contribution in [3.63, 3.8) is 0 Å². The maximum atomic E-state index is 13.7. The van der Waals surface area contributed by atoms with Crippen molar-refractivity contribution in [2.75, 3.05) is 7.05 Å². The summed E-state index contributed by atoms with van der Waals surface area (Å²) in [5.74, 6) is -5.44. The number of nitrogens with one attached hydrogen (secondary N) is 1. The first kappa shape index (κ1) is 14.5. The molecule has 0 aliphatic carbocycles. The summed E-state index contributed by atoms with van der Waals surface area (Å²) in [4.78, 5) is 0. The molecule has 0 aliphatic rings. The van der Waals surface area contributed by atoms with Gasteiger partial charge in [-0.25, -0.2) is 22.0 Å². The van der Waals surface area contributed by atoms with Gasteiger partial charge in [0.1, 0.15) is 29.1 Å². The molecule has 0 aromatic heterocycles. The fourth-order valence-electron chi connectivity index (χ4n) is 2.05. The second-order valence-corrected chi connectivity index (χ2v) is 4.14. The zero-order valence-corrected chi connectivity index (χ0v) is 10.4. The monoisotopic (exact) mass is 287 g/mol. The number of hydrogen-bond acceptors (Lipinski definition) is 1. The molecule has 106 valence electrons. The molecule has 1 atom stereocenters. The molecule has 1 unspecified atom stereocenters. The Morgan fingerprint density at radius 2 is 1.25 bits per heavy atom. The third kappa shape index (κ3) is 2.51. The molecule has 2 rings (SSSR count). The largest absolute Gasteiger partial charge is 0.309 e. The van der Waals surface area contributed by atoms with E-state index in [2.05, 4.69) is 5.32 Å². The van der Waals surface area contributed by atoms with Gasteiger partial charge in [0, 0.05) is 23.3 Å². The number of rotatable bonds is 3. The molecular formula is C14H10F5N. The molecule has 2 aromatic rings. The Morgan fingerprint density at radius 1 is 0.800 bits per heavy atom. The first-order valence-electron chi connectivity index (χ1n) is 5.71. The molecule has 1 N–H and O–H groups in total. The van der Waals surface area contributed by atoms with Crippen LogP contribution in [0.25, 0.3) is 0 Å². The van der Waals surface area contributed by atoms with Gasteiger partial charge >= 0.3 is 0 Å². The molecule has 0 bridgehead atoms. The minimum atomic E-state index is -1.41. The molecule has 6 heteroatoms. The SMILES string of the molecule is CNC(c1c(F)cccc1F)c1c(F)cc(F)cc1F. The number of halogens is 5. The van der Waals surface area contributed by atoms with Crippen molar-refractivity contribution in [2.24, 2.45) is 0 Å². The van der Waals surface area contributed by atoms with E-state index in [1.807, 2.05) is 0 Å². The smallest absolute Gasteiger partial charge is 0.134 e. The Kier molecular flexibility index (Phi) is 4.04. The van der Waals surface area contributed by atoms with E-state index in [4.69, 9.17) is 0 Å². The molecule has 0 amide bonds. The Bertz CT molecular complexity index is 598. The lowest BCUT2D eigenvalue weighted by atomic mass is 9.96. The van der Waals surface area contributed by atoms with E-state index in [0.717, 1.165) is 18.2 Å². The van der Waals surface area contributed by atoms with Crippen LogP contribution in [-0.2, 0) is 0 Å². The van der Waals surface area contributed by atoms with E-state index >= 15 is 0 Å². The van der Waals surface area contributed by atoms with E-state index in [1.54, 1.807) is 0 Å². The molecule has 0 spiro atoms. The molecule has 0 radical (unpaired) electrons. The second-order valence-electron chi connectivity index (χ2n) is 4.14. The topological polar surface area (TPSA) is 12.0 Å². The standard InChI is InChI=1S/C14H10F5N/c1-20-14(12-8(16)3-2-4-9(12)17)13-10(18)5-7(15)6-11(13)19/h2-6,14,20H,1H3. The number of hydrogen-bond donors (Lipinski definition) is 1. The van der Waals surface area contributed by atoms with Gasteiger partial charge in [-0.1, -0.05) is 6.07 Å². The van der Waals surface area contributed by atoms with Crippen molar-refractivity contribution in [3.8, 4) is 0 Å². The predicted molar refractivity (Wildman–Crippen MR) is 63.6 cm³/mol. The third-order valence-corrected chi connectivity index (χ3v) is 2.91. The van der Waals surface area contributed by atoms with Gasteiger partial charge in [-0.05, 0) is 19.2 Å². The molecule has 1 nitrogen and oxygen atoms in total. The van der Waals surface area contributed by atoms with E-state index in [9.17, 15) is 22.0 Å². The lowest BCUT2D eigenvalue weighted by Crippen LogP contribution is -2.23. The van der Waals surface area contributed by atoms with Crippen LogP contribution < -0.4 is 5.32 Å². The van der Waals surface area contributed by atoms with Crippen LogP contribution in [-0.4, -0.2) is 7.05 Å². The molecule has 0 aliphatic heterocycles. The van der Waals surface area contributed by atoms with E-state index < -0.39 is 46.3 Å². The fourth-order valence-corrected chi connectivity index (χ4v) is 2.05. The Hall–Kier alpha value is -1.95. The Morgan fingerprint density at radius 3 is 1.70 bits per heavy atom. The maximum Gasteiger partial charge on any atom is 0.134 e. The average molecular weight is 287 g/mol. The maximum absolute atomic E-state index is 13.7. The summed E-state index contributed by atoms with van der Waals surface area (Å²) >= 11 is 0. The van der Waals surface area contributed by atoms with Crippen LogP contribution >= 0.6 is 0 Å². The highest BCUT2D eigenvalue weighted by atomic mass is 19.2. The summed E-state index contributed by atoms with van der Waals surface area (Å²) in [6.07, 6.45) is 0. The summed E-state index contributed by atoms with van der Waals surface area (Å²) in [6, 6.07) is 2.60. The second kappa shape index (κ2) is 5.58. The van der Waals surface area contributed by atoms with Gasteiger partial charge in [0.2, 0.25) is 0 Å². The molecule has 2 aromatic carbocycles. The van der Waals surface area contributed by atoms with Crippen molar-refractivity contribution in [1.29, 1.82) is 0 Å². The van der Waals surface area contributed by atoms with Crippen LogP contribution in [0.4, 0.5) is 22.0 Å². The first-order valence-corrected chi connectivity index (χ1v) is 5.71. The van der Waals surface area contributed by atoms with E-state index in [0.29, 0.717) is 12.1 Å². The van der Waals surface area contributed by atoms with E-state index in [-0.39, 0.29) is 0 Å². The summed E-state index contributed by atoms with van der Waals surface area (Å²) in [5.41, 5.74) is -1.17. The van der Waals surface area contributed by atoms with E-state index in [1.165, 1.54) is 7.05 Å². The van der Waals surface area contributed by atoms with Crippen LogP contribution in [0.2, 0.25) is 0 Å². The summed E-state index contributed by atoms with van der Waals surface area (Å²) in [6.45, 7) is 0. The quantitative estimate of drug-likeness (QED) is 0.849. The Balaban J connectivity index is 2.65. The lowest BCUT2D eigenvalue weighted by molar-refractivity contribution is 0.475. The van der Waals surface area contributed by atoms with Crippen molar-refractivity contribution in [3.05, 3.63) is 70.5 Å². The highest BCUT2D eigenvalue weighted by Gasteiger charge is 2.26. The van der Waals surface area contributed by atoms with Crippen LogP contribution in [0.5, 0.6) is 0 Å². The third-order valence-electron chi connectivity index (χ3n) is 2.91. The molecule has 20 heavy (non-hydrogen) atoms. The summed E-state index contributed by atoms with van der Waals surface area (Å²) in [7, 11) is 1.29. The van der Waals surface area contributed by atoms with Gasteiger partial charge in [0.25, 0.3) is 0 Å². The zero-order valence-electron chi connectivity index (χ0n) is 10.4. The highest BCUT2D eigenvalue weighted by Crippen LogP contribution is 2.30. The zero-order chi connectivity index (χ0) is 14.9. The van der Waals surface area contributed by atoms with Crippen molar-refractivity contribution < 1.29 is 22.0 Å². The molecule has 0 saturated heterocycles. The Labute approximate surface area is 112 Å². The van der Waals surface area contributed by atoms with Crippen LogP contribution in [0.15, 0.2) is 30.3 Å². The molecular weight excluding hydrogens is 277 g/mol. The highest BCUT2D eigenvalue weighted by molar-refractivity contribution is 5.35. The molecule has 0 saturated carbocycles. The van der Waals surface area contributed by atoms with Gasteiger partial charge in [-0.15, -0.1) is 0 Å². The van der Waals surface area contributed by atoms with Crippen molar-refractivity contribution >= 4 is 0 Å². The average Bonchev–Trinajstić information content (AvgIpc) is 2.35. The lowest BCUT2D eigenvalue weighted by Gasteiger charge is -2.19. The normalized spacial score (nSPS) is 12.5. The van der Waals surface area contributed by atoms with Gasteiger partial charge in [-0.3, -0.25) is 0 Å². The van der Waals surface area contributed by atoms with Crippen molar-refractivity contribution in [1.82, 2.24) is 5.32 Å². The summed E-state index contributed by atoms with van der Waals surface area (Å²) < 4.78 is 67.8. The van der Waals surface area contributed by atoms with Gasteiger partial charge in [0.15, 0.2) is 0 Å². The minimum Gasteiger partial charge on any atom is -0.309 e. The minimum absolute atomic E-state index is 0.460. The van der Waals surface area contributed by atoms with Gasteiger partial charge in [-0.2, -0.15) is 0 Å². The molecule has 0 fully saturated rings. The van der Waals surface area contributed by atoms with Crippen LogP contribution in [0, 0.1) is 29.1 Å². The summed E-state index contributed by atoms with van der Waals surface area (Å²) in [5, 5.41) is 2.43. The number of benzene rings is 2. The predicted octanol–water partition coefficient (Wildman–Crippen LogP) is 3.69. The fraction of sp³-hybridized carbons (Fsp3) is 0.143. The van der Waals surface area contributed by atoms with Gasteiger partial charge < -0.3 is 5.32 Å².